The van der Waals surface area contributed by atoms with Crippen molar-refractivity contribution in [3.05, 3.63) is 54.1 Å². The van der Waals surface area contributed by atoms with Crippen LogP contribution < -0.4 is 16.0 Å². The second kappa shape index (κ2) is 8.43. The molecule has 0 fully saturated rings. The van der Waals surface area contributed by atoms with E-state index in [9.17, 15) is 13.8 Å². The van der Waals surface area contributed by atoms with E-state index in [0.29, 0.717) is 21.8 Å². The second-order valence-corrected chi connectivity index (χ2v) is 7.11. The zero-order chi connectivity index (χ0) is 18.4. The van der Waals surface area contributed by atoms with Crippen LogP contribution in [0, 0.1) is 0 Å². The van der Waals surface area contributed by atoms with Gasteiger partial charge in [0.25, 0.3) is 5.91 Å². The van der Waals surface area contributed by atoms with Crippen LogP contribution in [0.5, 0.6) is 0 Å². The van der Waals surface area contributed by atoms with Gasteiger partial charge < -0.3 is 16.0 Å². The SMILES string of the molecule is CC(C)NC(=O)Nc1ccccc1NC(=O)c1ccc([S@](C)=O)cc1. The molecular formula is C18H21N3O3S. The summed E-state index contributed by atoms with van der Waals surface area (Å²) >= 11 is 0. The Morgan fingerprint density at radius 1 is 0.920 bits per heavy atom. The van der Waals surface area contributed by atoms with Gasteiger partial charge in [0.15, 0.2) is 0 Å². The van der Waals surface area contributed by atoms with E-state index in [2.05, 4.69) is 16.0 Å². The number of hydrogen-bond donors (Lipinski definition) is 3. The standard InChI is InChI=1S/C18H21N3O3S/c1-12(2)19-18(23)21-16-7-5-4-6-15(16)20-17(22)13-8-10-14(11-9-13)25(3)24/h4-12H,1-3H3,(H,20,22)(H2,19,21,23)/t25-/m0/s1. The fourth-order valence-corrected chi connectivity index (χ4v) is 2.63. The van der Waals surface area contributed by atoms with Crippen molar-refractivity contribution in [2.24, 2.45) is 0 Å². The van der Waals surface area contributed by atoms with Crippen LogP contribution in [0.15, 0.2) is 53.4 Å². The van der Waals surface area contributed by atoms with Crippen LogP contribution >= 0.6 is 0 Å². The average molecular weight is 359 g/mol. The van der Waals surface area contributed by atoms with Crippen molar-refractivity contribution in [3.63, 3.8) is 0 Å². The number of carbonyl (C=O) groups excluding carboxylic acids is 2. The third kappa shape index (κ3) is 5.42. The van der Waals surface area contributed by atoms with Gasteiger partial charge in [0.2, 0.25) is 0 Å². The Hall–Kier alpha value is -2.67. The zero-order valence-electron chi connectivity index (χ0n) is 14.3. The highest BCUT2D eigenvalue weighted by Gasteiger charge is 2.11. The monoisotopic (exact) mass is 359 g/mol. The van der Waals surface area contributed by atoms with Crippen molar-refractivity contribution in [1.29, 1.82) is 0 Å². The van der Waals surface area contributed by atoms with Crippen molar-refractivity contribution in [2.45, 2.75) is 24.8 Å². The molecule has 0 aliphatic rings. The highest BCUT2D eigenvalue weighted by atomic mass is 32.2. The summed E-state index contributed by atoms with van der Waals surface area (Å²) in [6.07, 6.45) is 1.58. The first-order chi connectivity index (χ1) is 11.9. The quantitative estimate of drug-likeness (QED) is 0.766. The summed E-state index contributed by atoms with van der Waals surface area (Å²) < 4.78 is 11.4. The predicted octanol–water partition coefficient (Wildman–Crippen LogP) is 3.21. The lowest BCUT2D eigenvalue weighted by Gasteiger charge is -2.14. The van der Waals surface area contributed by atoms with E-state index >= 15 is 0 Å². The van der Waals surface area contributed by atoms with Crippen LogP contribution in [0.4, 0.5) is 16.2 Å². The van der Waals surface area contributed by atoms with Crippen LogP contribution in [-0.2, 0) is 10.8 Å². The average Bonchev–Trinajstić information content (AvgIpc) is 2.56. The van der Waals surface area contributed by atoms with Crippen molar-refractivity contribution < 1.29 is 13.8 Å². The summed E-state index contributed by atoms with van der Waals surface area (Å²) in [5.74, 6) is -0.313. The molecule has 0 bridgehead atoms. The molecule has 2 aromatic carbocycles. The molecule has 0 aliphatic heterocycles. The highest BCUT2D eigenvalue weighted by molar-refractivity contribution is 7.84. The summed E-state index contributed by atoms with van der Waals surface area (Å²) in [6, 6.07) is 13.2. The minimum atomic E-state index is -1.09. The number of nitrogens with one attached hydrogen (secondary N) is 3. The van der Waals surface area contributed by atoms with Gasteiger partial charge in [0.05, 0.1) is 11.4 Å². The summed E-state index contributed by atoms with van der Waals surface area (Å²) in [4.78, 5) is 24.9. The maximum absolute atomic E-state index is 12.4. The summed E-state index contributed by atoms with van der Waals surface area (Å²) in [5.41, 5.74) is 1.44. The minimum absolute atomic E-state index is 0.00406. The van der Waals surface area contributed by atoms with Crippen molar-refractivity contribution >= 4 is 34.1 Å². The molecule has 7 heteroatoms. The minimum Gasteiger partial charge on any atom is -0.336 e. The van der Waals surface area contributed by atoms with E-state index < -0.39 is 10.8 Å². The number of anilines is 2. The zero-order valence-corrected chi connectivity index (χ0v) is 15.1. The molecule has 25 heavy (non-hydrogen) atoms. The lowest BCUT2D eigenvalue weighted by atomic mass is 10.2. The van der Waals surface area contributed by atoms with Crippen LogP contribution in [0.25, 0.3) is 0 Å². The van der Waals surface area contributed by atoms with E-state index in [1.165, 1.54) is 0 Å². The Bertz CT molecular complexity index is 788. The van der Waals surface area contributed by atoms with Gasteiger partial charge in [-0.15, -0.1) is 0 Å². The Morgan fingerprint density at radius 3 is 2.00 bits per heavy atom. The lowest BCUT2D eigenvalue weighted by Crippen LogP contribution is -2.34. The maximum atomic E-state index is 12.4. The van der Waals surface area contributed by atoms with Gasteiger partial charge in [-0.1, -0.05) is 12.1 Å². The number of hydrogen-bond acceptors (Lipinski definition) is 3. The van der Waals surface area contributed by atoms with Gasteiger partial charge in [-0.05, 0) is 50.2 Å². The third-order valence-electron chi connectivity index (χ3n) is 3.29. The molecule has 3 N–H and O–H groups in total. The maximum Gasteiger partial charge on any atom is 0.319 e. The summed E-state index contributed by atoms with van der Waals surface area (Å²) in [5, 5.41) is 8.22. The smallest absolute Gasteiger partial charge is 0.319 e. The van der Waals surface area contributed by atoms with E-state index in [1.807, 2.05) is 13.8 Å². The lowest BCUT2D eigenvalue weighted by molar-refractivity contribution is 0.102. The Morgan fingerprint density at radius 2 is 1.48 bits per heavy atom. The van der Waals surface area contributed by atoms with Gasteiger partial charge in [0.1, 0.15) is 0 Å². The van der Waals surface area contributed by atoms with Gasteiger partial charge in [-0.2, -0.15) is 0 Å². The number of rotatable bonds is 5. The molecular weight excluding hydrogens is 338 g/mol. The number of urea groups is 1. The first-order valence-electron chi connectivity index (χ1n) is 7.78. The first-order valence-corrected chi connectivity index (χ1v) is 9.34. The molecule has 0 aliphatic carbocycles. The van der Waals surface area contributed by atoms with Crippen LogP contribution in [-0.4, -0.2) is 28.4 Å². The number of benzene rings is 2. The van der Waals surface area contributed by atoms with Crippen molar-refractivity contribution in [1.82, 2.24) is 5.32 Å². The molecule has 132 valence electrons. The highest BCUT2D eigenvalue weighted by Crippen LogP contribution is 2.22. The van der Waals surface area contributed by atoms with E-state index in [0.717, 1.165) is 0 Å². The van der Waals surface area contributed by atoms with E-state index in [1.54, 1.807) is 54.8 Å². The Balaban J connectivity index is 2.12. The number of para-hydroxylation sites is 2. The van der Waals surface area contributed by atoms with E-state index in [4.69, 9.17) is 0 Å². The number of carbonyl (C=O) groups is 2. The Labute approximate surface area is 149 Å². The molecule has 0 heterocycles. The molecule has 6 nitrogen and oxygen atoms in total. The molecule has 0 aromatic heterocycles. The fourth-order valence-electron chi connectivity index (χ4n) is 2.11. The van der Waals surface area contributed by atoms with Crippen LogP contribution in [0.1, 0.15) is 24.2 Å². The molecule has 0 unspecified atom stereocenters. The molecule has 3 amide bonds. The van der Waals surface area contributed by atoms with Crippen molar-refractivity contribution in [3.8, 4) is 0 Å². The third-order valence-corrected chi connectivity index (χ3v) is 4.23. The molecule has 0 radical (unpaired) electrons. The molecule has 2 aromatic rings. The molecule has 0 saturated heterocycles. The van der Waals surface area contributed by atoms with Gasteiger partial charge >= 0.3 is 6.03 Å². The molecule has 1 atom stereocenters. The van der Waals surface area contributed by atoms with Crippen LogP contribution in [0.2, 0.25) is 0 Å². The first kappa shape index (κ1) is 18.7. The topological polar surface area (TPSA) is 87.3 Å². The summed E-state index contributed by atoms with van der Waals surface area (Å²) in [7, 11) is -1.09. The largest absolute Gasteiger partial charge is 0.336 e. The predicted molar refractivity (Wildman–Crippen MR) is 100 cm³/mol. The van der Waals surface area contributed by atoms with Gasteiger partial charge in [-0.3, -0.25) is 9.00 Å². The van der Waals surface area contributed by atoms with Gasteiger partial charge in [-0.25, -0.2) is 4.79 Å². The molecule has 2 rings (SSSR count). The number of amides is 3. The van der Waals surface area contributed by atoms with E-state index in [-0.39, 0.29) is 18.0 Å². The molecule has 0 saturated carbocycles. The van der Waals surface area contributed by atoms with Gasteiger partial charge in [0, 0.05) is 33.6 Å². The normalized spacial score (nSPS) is 11.7. The molecule has 0 spiro atoms. The second-order valence-electron chi connectivity index (χ2n) is 5.73. The van der Waals surface area contributed by atoms with Crippen LogP contribution in [0.3, 0.4) is 0 Å². The Kier molecular flexibility index (Phi) is 6.30. The summed E-state index contributed by atoms with van der Waals surface area (Å²) in [6.45, 7) is 3.72. The fraction of sp³-hybridized carbons (Fsp3) is 0.222. The van der Waals surface area contributed by atoms with Crippen molar-refractivity contribution in [2.75, 3.05) is 16.9 Å².